The fourth-order valence-electron chi connectivity index (χ4n) is 1.39. The van der Waals surface area contributed by atoms with E-state index < -0.39 is 0 Å². The molecular formula is C12H12Cl2N2O2S. The summed E-state index contributed by atoms with van der Waals surface area (Å²) in [7, 11) is 0. The Bertz CT molecular complexity index is 528. The largest absolute Gasteiger partial charge is 0.493 e. The van der Waals surface area contributed by atoms with Crippen molar-refractivity contribution in [1.82, 2.24) is 10.2 Å². The highest BCUT2D eigenvalue weighted by Gasteiger charge is 2.03. The first-order valence-corrected chi connectivity index (χ1v) is 7.50. The predicted octanol–water partition coefficient (Wildman–Crippen LogP) is 4.00. The second-order valence-electron chi connectivity index (χ2n) is 3.72. The van der Waals surface area contributed by atoms with Crippen LogP contribution in [0.2, 0.25) is 10.0 Å². The molecule has 19 heavy (non-hydrogen) atoms. The Morgan fingerprint density at radius 2 is 1.95 bits per heavy atom. The van der Waals surface area contributed by atoms with Crippen LogP contribution >= 0.6 is 35.0 Å². The molecule has 0 radical (unpaired) electrons. The lowest BCUT2D eigenvalue weighted by molar-refractivity contribution is 0.344. The van der Waals surface area contributed by atoms with E-state index in [4.69, 9.17) is 32.4 Å². The minimum absolute atomic E-state index is 0.564. The number of thioether (sulfide) groups is 1. The van der Waals surface area contributed by atoms with Gasteiger partial charge in [0, 0.05) is 22.7 Å². The summed E-state index contributed by atoms with van der Waals surface area (Å²) in [4.78, 5) is 0. The number of hydrogen-bond acceptors (Lipinski definition) is 5. The molecule has 0 spiro atoms. The fraction of sp³-hybridized carbons (Fsp3) is 0.333. The van der Waals surface area contributed by atoms with Crippen molar-refractivity contribution in [2.24, 2.45) is 0 Å². The van der Waals surface area contributed by atoms with Gasteiger partial charge in [-0.15, -0.1) is 22.0 Å². The van der Waals surface area contributed by atoms with E-state index in [1.54, 1.807) is 36.9 Å². The van der Waals surface area contributed by atoms with Gasteiger partial charge in [0.2, 0.25) is 11.8 Å². The van der Waals surface area contributed by atoms with Crippen LogP contribution in [-0.4, -0.2) is 22.6 Å². The van der Waals surface area contributed by atoms with E-state index in [0.717, 1.165) is 5.75 Å². The molecule has 1 aromatic carbocycles. The molecule has 0 aliphatic rings. The van der Waals surface area contributed by atoms with Gasteiger partial charge >= 0.3 is 0 Å². The van der Waals surface area contributed by atoms with Gasteiger partial charge in [0.15, 0.2) is 0 Å². The summed E-state index contributed by atoms with van der Waals surface area (Å²) in [5.74, 6) is 3.38. The number of rotatable bonds is 6. The smallest absolute Gasteiger partial charge is 0.226 e. The minimum Gasteiger partial charge on any atom is -0.493 e. The molecule has 0 atom stereocenters. The Hall–Kier alpha value is -0.910. The maximum absolute atomic E-state index is 5.88. The van der Waals surface area contributed by atoms with Crippen molar-refractivity contribution >= 4 is 35.0 Å². The Kier molecular flexibility index (Phi) is 5.36. The van der Waals surface area contributed by atoms with Gasteiger partial charge in [-0.05, 0) is 18.2 Å². The zero-order valence-electron chi connectivity index (χ0n) is 10.2. The van der Waals surface area contributed by atoms with Gasteiger partial charge < -0.3 is 9.15 Å². The van der Waals surface area contributed by atoms with Crippen molar-refractivity contribution in [2.75, 3.05) is 12.4 Å². The highest BCUT2D eigenvalue weighted by atomic mass is 35.5. The summed E-state index contributed by atoms with van der Waals surface area (Å²) in [6, 6.07) is 5.14. The highest BCUT2D eigenvalue weighted by molar-refractivity contribution is 7.98. The molecule has 2 rings (SSSR count). The summed E-state index contributed by atoms with van der Waals surface area (Å²) in [6.45, 7) is 2.33. The van der Waals surface area contributed by atoms with Crippen LogP contribution in [0.25, 0.3) is 0 Å². The monoisotopic (exact) mass is 318 g/mol. The SMILES string of the molecule is Cc1nnc(CSCCOc2cc(Cl)cc(Cl)c2)o1. The van der Waals surface area contributed by atoms with E-state index in [0.29, 0.717) is 39.9 Å². The average Bonchev–Trinajstić information content (AvgIpc) is 2.73. The zero-order chi connectivity index (χ0) is 13.7. The van der Waals surface area contributed by atoms with E-state index in [-0.39, 0.29) is 0 Å². The van der Waals surface area contributed by atoms with Crippen LogP contribution < -0.4 is 4.74 Å². The Labute approximate surface area is 125 Å². The molecule has 0 aliphatic carbocycles. The molecule has 0 saturated carbocycles. The van der Waals surface area contributed by atoms with Crippen LogP contribution in [0.15, 0.2) is 22.6 Å². The third-order valence-corrected chi connectivity index (χ3v) is 3.47. The van der Waals surface area contributed by atoms with Gasteiger partial charge in [-0.25, -0.2) is 0 Å². The highest BCUT2D eigenvalue weighted by Crippen LogP contribution is 2.24. The summed E-state index contributed by atoms with van der Waals surface area (Å²) in [5, 5.41) is 8.81. The van der Waals surface area contributed by atoms with Gasteiger partial charge in [0.1, 0.15) is 5.75 Å². The number of halogens is 2. The molecule has 0 saturated heterocycles. The van der Waals surface area contributed by atoms with Gasteiger partial charge in [-0.3, -0.25) is 0 Å². The van der Waals surface area contributed by atoms with Crippen LogP contribution in [0.4, 0.5) is 0 Å². The molecule has 0 bridgehead atoms. The van der Waals surface area contributed by atoms with Gasteiger partial charge in [-0.2, -0.15) is 0 Å². The number of ether oxygens (including phenoxy) is 1. The number of aryl methyl sites for hydroxylation is 1. The maximum Gasteiger partial charge on any atom is 0.226 e. The second kappa shape index (κ2) is 7.03. The Morgan fingerprint density at radius 1 is 1.21 bits per heavy atom. The van der Waals surface area contributed by atoms with Gasteiger partial charge in [0.05, 0.1) is 12.4 Å². The molecule has 0 aliphatic heterocycles. The van der Waals surface area contributed by atoms with Crippen LogP contribution in [0.5, 0.6) is 5.75 Å². The normalized spacial score (nSPS) is 10.7. The topological polar surface area (TPSA) is 48.2 Å². The van der Waals surface area contributed by atoms with E-state index in [2.05, 4.69) is 10.2 Å². The number of nitrogens with zero attached hydrogens (tertiary/aromatic N) is 2. The quantitative estimate of drug-likeness (QED) is 0.753. The summed E-state index contributed by atoms with van der Waals surface area (Å²) in [6.07, 6.45) is 0. The number of aromatic nitrogens is 2. The molecule has 1 heterocycles. The fourth-order valence-corrected chi connectivity index (χ4v) is 2.53. The van der Waals surface area contributed by atoms with E-state index in [1.807, 2.05) is 0 Å². The molecule has 2 aromatic rings. The molecule has 102 valence electrons. The standard InChI is InChI=1S/C12H12Cl2N2O2S/c1-8-15-16-12(18-8)7-19-3-2-17-11-5-9(13)4-10(14)6-11/h4-6H,2-3,7H2,1H3. The third kappa shape index (κ3) is 4.93. The number of hydrogen-bond donors (Lipinski definition) is 0. The Morgan fingerprint density at radius 3 is 2.58 bits per heavy atom. The lowest BCUT2D eigenvalue weighted by Crippen LogP contribution is -2.00. The van der Waals surface area contributed by atoms with Crippen molar-refractivity contribution in [2.45, 2.75) is 12.7 Å². The molecule has 4 nitrogen and oxygen atoms in total. The van der Waals surface area contributed by atoms with Crippen LogP contribution in [0, 0.1) is 6.92 Å². The first kappa shape index (κ1) is 14.5. The van der Waals surface area contributed by atoms with Crippen molar-refractivity contribution in [3.05, 3.63) is 40.0 Å². The molecule has 0 amide bonds. The maximum atomic E-state index is 5.88. The molecule has 0 unspecified atom stereocenters. The van der Waals surface area contributed by atoms with Crippen LogP contribution in [0.3, 0.4) is 0 Å². The molecule has 0 N–H and O–H groups in total. The minimum atomic E-state index is 0.564. The van der Waals surface area contributed by atoms with Crippen LogP contribution in [0.1, 0.15) is 11.8 Å². The van der Waals surface area contributed by atoms with Gasteiger partial charge in [0.25, 0.3) is 0 Å². The molecule has 0 fully saturated rings. The van der Waals surface area contributed by atoms with E-state index in [1.165, 1.54) is 0 Å². The first-order chi connectivity index (χ1) is 9.13. The third-order valence-electron chi connectivity index (χ3n) is 2.13. The molecular weight excluding hydrogens is 307 g/mol. The van der Waals surface area contributed by atoms with Gasteiger partial charge in [-0.1, -0.05) is 23.2 Å². The first-order valence-electron chi connectivity index (χ1n) is 5.59. The van der Waals surface area contributed by atoms with Crippen molar-refractivity contribution < 1.29 is 9.15 Å². The summed E-state index contributed by atoms with van der Waals surface area (Å²) < 4.78 is 10.8. The van der Waals surface area contributed by atoms with E-state index in [9.17, 15) is 0 Å². The lowest BCUT2D eigenvalue weighted by atomic mass is 10.3. The number of benzene rings is 1. The summed E-state index contributed by atoms with van der Waals surface area (Å²) >= 11 is 13.4. The summed E-state index contributed by atoms with van der Waals surface area (Å²) in [5.41, 5.74) is 0. The van der Waals surface area contributed by atoms with Crippen molar-refractivity contribution in [3.63, 3.8) is 0 Å². The predicted molar refractivity (Wildman–Crippen MR) is 77.2 cm³/mol. The zero-order valence-corrected chi connectivity index (χ0v) is 12.6. The second-order valence-corrected chi connectivity index (χ2v) is 5.70. The van der Waals surface area contributed by atoms with Crippen molar-refractivity contribution in [1.29, 1.82) is 0 Å². The van der Waals surface area contributed by atoms with Crippen LogP contribution in [-0.2, 0) is 5.75 Å². The molecule has 1 aromatic heterocycles. The average molecular weight is 319 g/mol. The lowest BCUT2D eigenvalue weighted by Gasteiger charge is -2.06. The van der Waals surface area contributed by atoms with E-state index >= 15 is 0 Å². The Balaban J connectivity index is 1.69. The molecule has 7 heteroatoms. The van der Waals surface area contributed by atoms with Crippen molar-refractivity contribution in [3.8, 4) is 5.75 Å².